The van der Waals surface area contributed by atoms with Gasteiger partial charge in [-0.3, -0.25) is 0 Å². The summed E-state index contributed by atoms with van der Waals surface area (Å²) in [4.78, 5) is 2.42. The van der Waals surface area contributed by atoms with Crippen molar-refractivity contribution in [1.82, 2.24) is 0 Å². The van der Waals surface area contributed by atoms with Gasteiger partial charge in [0.2, 0.25) is 0 Å². The molecule has 0 bridgehead atoms. The molecule has 10 aromatic rings. The van der Waals surface area contributed by atoms with Crippen LogP contribution in [0.2, 0.25) is 0 Å². The summed E-state index contributed by atoms with van der Waals surface area (Å²) in [7, 11) is 0. The quantitative estimate of drug-likeness (QED) is 0.184. The highest BCUT2D eigenvalue weighted by Gasteiger charge is 2.37. The van der Waals surface area contributed by atoms with E-state index in [2.05, 4.69) is 176 Å². The summed E-state index contributed by atoms with van der Waals surface area (Å²) in [5.41, 5.74) is 12.8. The van der Waals surface area contributed by atoms with Gasteiger partial charge in [-0.05, 0) is 81.6 Å². The van der Waals surface area contributed by atoms with E-state index in [4.69, 9.17) is 4.42 Å². The maximum absolute atomic E-state index is 6.46. The Morgan fingerprint density at radius 1 is 0.500 bits per heavy atom. The lowest BCUT2D eigenvalue weighted by Gasteiger charge is -2.29. The first kappa shape index (κ1) is 29.6. The number of rotatable bonds is 4. The smallest absolute Gasteiger partial charge is 0.137 e. The molecule has 0 fully saturated rings. The van der Waals surface area contributed by atoms with Crippen LogP contribution in [0.1, 0.15) is 25.0 Å². The number of nitrogens with zero attached hydrogens (tertiary/aromatic N) is 1. The van der Waals surface area contributed by atoms with Gasteiger partial charge in [0.25, 0.3) is 0 Å². The number of anilines is 3. The van der Waals surface area contributed by atoms with Crippen molar-refractivity contribution in [2.75, 3.05) is 4.90 Å². The minimum absolute atomic E-state index is 0.107. The molecule has 1 aliphatic rings. The molecule has 0 amide bonds. The molecule has 0 radical (unpaired) electrons. The number of hydrogen-bond donors (Lipinski definition) is 0. The molecule has 1 aliphatic carbocycles. The summed E-state index contributed by atoms with van der Waals surface area (Å²) in [6.07, 6.45) is 0. The molecule has 8 aromatic carbocycles. The Morgan fingerprint density at radius 3 is 2.08 bits per heavy atom. The molecule has 0 atom stereocenters. The van der Waals surface area contributed by atoms with Crippen molar-refractivity contribution in [2.45, 2.75) is 19.3 Å². The van der Waals surface area contributed by atoms with Gasteiger partial charge >= 0.3 is 0 Å². The third-order valence-electron chi connectivity index (χ3n) is 11.3. The molecule has 0 saturated carbocycles. The predicted octanol–water partition coefficient (Wildman–Crippen LogP) is 14.6. The maximum atomic E-state index is 6.46. The van der Waals surface area contributed by atoms with Crippen LogP contribution >= 0.6 is 11.3 Å². The normalized spacial score (nSPS) is 13.3. The first-order valence-corrected chi connectivity index (χ1v) is 18.7. The fourth-order valence-electron chi connectivity index (χ4n) is 8.79. The van der Waals surface area contributed by atoms with Gasteiger partial charge in [-0.2, -0.15) is 0 Å². The van der Waals surface area contributed by atoms with Gasteiger partial charge in [0.1, 0.15) is 11.2 Å². The first-order valence-electron chi connectivity index (χ1n) is 17.9. The van der Waals surface area contributed by atoms with E-state index in [1.165, 1.54) is 64.3 Å². The first-order chi connectivity index (χ1) is 25.5. The van der Waals surface area contributed by atoms with Gasteiger partial charge in [0, 0.05) is 64.9 Å². The molecule has 246 valence electrons. The number of para-hydroxylation sites is 1. The molecule has 2 nitrogen and oxygen atoms in total. The van der Waals surface area contributed by atoms with Crippen LogP contribution in [0.15, 0.2) is 168 Å². The zero-order valence-electron chi connectivity index (χ0n) is 28.9. The third-order valence-corrected chi connectivity index (χ3v) is 12.5. The van der Waals surface area contributed by atoms with Crippen LogP contribution in [0, 0.1) is 0 Å². The van der Waals surface area contributed by atoms with E-state index in [9.17, 15) is 0 Å². The van der Waals surface area contributed by atoms with E-state index in [1.807, 2.05) is 17.4 Å². The predicted molar refractivity (Wildman–Crippen MR) is 222 cm³/mol. The van der Waals surface area contributed by atoms with E-state index >= 15 is 0 Å². The summed E-state index contributed by atoms with van der Waals surface area (Å²) in [5, 5.41) is 7.45. The summed E-state index contributed by atoms with van der Waals surface area (Å²) in [6.45, 7) is 4.69. The van der Waals surface area contributed by atoms with Crippen molar-refractivity contribution in [3.63, 3.8) is 0 Å². The molecular formula is C49H33NOS. The topological polar surface area (TPSA) is 16.4 Å². The van der Waals surface area contributed by atoms with Crippen molar-refractivity contribution in [3.8, 4) is 22.3 Å². The van der Waals surface area contributed by atoms with E-state index in [0.29, 0.717) is 0 Å². The summed E-state index contributed by atoms with van der Waals surface area (Å²) in [6, 6.07) is 59.9. The maximum Gasteiger partial charge on any atom is 0.137 e. The number of benzene rings is 8. The standard InChI is InChI=1S/C49H33NOS/c1-49(2)40-17-8-5-16-38(40)47-41(49)18-11-19-42(47)50(33-26-27-36-35-14-6-9-20-43(35)51-44(36)29-33)32-24-22-30(23-25-32)46-34-13-4-3-12-31(34)28-39-37-15-7-10-21-45(37)52-48(39)46/h3-29H,1-2H3. The monoisotopic (exact) mass is 683 g/mol. The van der Waals surface area contributed by atoms with Crippen LogP contribution in [0.4, 0.5) is 17.1 Å². The second-order valence-electron chi connectivity index (χ2n) is 14.5. The van der Waals surface area contributed by atoms with E-state index < -0.39 is 0 Å². The molecule has 52 heavy (non-hydrogen) atoms. The SMILES string of the molecule is CC1(C)c2ccccc2-c2c(N(c3ccc(-c4c5ccccc5cc5c4sc4ccccc45)cc3)c3ccc4c(c3)oc3ccccc34)cccc21. The van der Waals surface area contributed by atoms with Crippen LogP contribution in [0.5, 0.6) is 0 Å². The van der Waals surface area contributed by atoms with Crippen LogP contribution in [0.3, 0.4) is 0 Å². The third kappa shape index (κ3) is 4.17. The van der Waals surface area contributed by atoms with Gasteiger partial charge < -0.3 is 9.32 Å². The Labute approximate surface area is 305 Å². The molecule has 0 aliphatic heterocycles. The van der Waals surface area contributed by atoms with Gasteiger partial charge in [0.15, 0.2) is 0 Å². The summed E-state index contributed by atoms with van der Waals surface area (Å²) < 4.78 is 9.11. The van der Waals surface area contributed by atoms with Gasteiger partial charge in [-0.15, -0.1) is 11.3 Å². The molecule has 11 rings (SSSR count). The molecule has 3 heteroatoms. The van der Waals surface area contributed by atoms with Crippen LogP contribution < -0.4 is 4.90 Å². The molecular weight excluding hydrogens is 651 g/mol. The Morgan fingerprint density at radius 2 is 1.19 bits per heavy atom. The highest BCUT2D eigenvalue weighted by molar-refractivity contribution is 7.26. The molecule has 0 N–H and O–H groups in total. The second kappa shape index (κ2) is 10.9. The van der Waals surface area contributed by atoms with E-state index in [0.717, 1.165) is 39.0 Å². The molecule has 2 aromatic heterocycles. The van der Waals surface area contributed by atoms with E-state index in [1.54, 1.807) is 0 Å². The Bertz CT molecular complexity index is 3050. The number of hydrogen-bond acceptors (Lipinski definition) is 3. The fourth-order valence-corrected chi connectivity index (χ4v) is 10.1. The van der Waals surface area contributed by atoms with Crippen LogP contribution in [-0.4, -0.2) is 0 Å². The average molecular weight is 684 g/mol. The Balaban J connectivity index is 1.14. The zero-order valence-corrected chi connectivity index (χ0v) is 29.7. The lowest BCUT2D eigenvalue weighted by atomic mass is 9.82. The fraction of sp³-hybridized carbons (Fsp3) is 0.0612. The van der Waals surface area contributed by atoms with Gasteiger partial charge in [-0.1, -0.05) is 123 Å². The van der Waals surface area contributed by atoms with Gasteiger partial charge in [0.05, 0.1) is 5.69 Å². The largest absolute Gasteiger partial charge is 0.456 e. The Hall–Kier alpha value is -6.16. The number of thiophene rings is 1. The molecule has 0 unspecified atom stereocenters. The number of furan rings is 1. The minimum atomic E-state index is -0.107. The lowest BCUT2D eigenvalue weighted by Crippen LogP contribution is -2.16. The molecule has 2 heterocycles. The van der Waals surface area contributed by atoms with Crippen molar-refractivity contribution in [1.29, 1.82) is 0 Å². The summed E-state index contributed by atoms with van der Waals surface area (Å²) >= 11 is 1.89. The zero-order chi connectivity index (χ0) is 34.6. The van der Waals surface area contributed by atoms with Crippen molar-refractivity contribution >= 4 is 81.3 Å². The molecule has 0 spiro atoms. The van der Waals surface area contributed by atoms with Crippen molar-refractivity contribution < 1.29 is 4.42 Å². The van der Waals surface area contributed by atoms with E-state index in [-0.39, 0.29) is 5.41 Å². The van der Waals surface area contributed by atoms with Crippen LogP contribution in [0.25, 0.3) is 75.1 Å². The highest BCUT2D eigenvalue weighted by Crippen LogP contribution is 2.54. The van der Waals surface area contributed by atoms with Gasteiger partial charge in [-0.25, -0.2) is 0 Å². The lowest BCUT2D eigenvalue weighted by molar-refractivity contribution is 0.660. The molecule has 0 saturated heterocycles. The summed E-state index contributed by atoms with van der Waals surface area (Å²) in [5.74, 6) is 0. The van der Waals surface area contributed by atoms with Crippen molar-refractivity contribution in [3.05, 3.63) is 175 Å². The van der Waals surface area contributed by atoms with Crippen LogP contribution in [-0.2, 0) is 5.41 Å². The second-order valence-corrected chi connectivity index (χ2v) is 15.5. The highest BCUT2D eigenvalue weighted by atomic mass is 32.1. The average Bonchev–Trinajstić information content (AvgIpc) is 3.82. The minimum Gasteiger partial charge on any atom is -0.456 e. The number of fused-ring (bicyclic) bond motifs is 10. The van der Waals surface area contributed by atoms with Crippen molar-refractivity contribution in [2.24, 2.45) is 0 Å². The Kier molecular flexibility index (Phi) is 6.21.